The van der Waals surface area contributed by atoms with Crippen LogP contribution in [-0.2, 0) is 6.42 Å². The molecule has 0 aliphatic heterocycles. The first-order valence-electron chi connectivity index (χ1n) is 5.68. The van der Waals surface area contributed by atoms with E-state index in [1.807, 2.05) is 12.1 Å². The number of allylic oxidation sites excluding steroid dienone is 1. The molecule has 2 bridgehead atoms. The predicted molar refractivity (Wildman–Crippen MR) is 60.5 cm³/mol. The molecule has 0 radical (unpaired) electrons. The molecule has 0 saturated heterocycles. The summed E-state index contributed by atoms with van der Waals surface area (Å²) in [6.07, 6.45) is 5.85. The van der Waals surface area contributed by atoms with E-state index in [4.69, 9.17) is 4.74 Å². The highest BCUT2D eigenvalue weighted by atomic mass is 16.5. The van der Waals surface area contributed by atoms with Crippen molar-refractivity contribution < 1.29 is 9.84 Å². The lowest BCUT2D eigenvalue weighted by Gasteiger charge is -2.37. The number of methoxy groups -OCH3 is 1. The second-order valence-corrected chi connectivity index (χ2v) is 4.53. The summed E-state index contributed by atoms with van der Waals surface area (Å²) in [5.41, 5.74) is 2.24. The highest BCUT2D eigenvalue weighted by Crippen LogP contribution is 2.40. The second-order valence-electron chi connectivity index (χ2n) is 4.53. The maximum Gasteiger partial charge on any atom is 0.213 e. The first kappa shape index (κ1) is 9.85. The third kappa shape index (κ3) is 1.35. The predicted octanol–water partition coefficient (Wildman–Crippen LogP) is 1.67. The lowest BCUT2D eigenvalue weighted by molar-refractivity contribution is 0.0789. The minimum Gasteiger partial charge on any atom is -0.481 e. The third-order valence-electron chi connectivity index (χ3n) is 3.64. The summed E-state index contributed by atoms with van der Waals surface area (Å²) in [5.74, 6) is 1.11. The Hall–Kier alpha value is -1.35. The summed E-state index contributed by atoms with van der Waals surface area (Å²) in [4.78, 5) is 4.48. The average molecular weight is 217 g/mol. The first-order valence-corrected chi connectivity index (χ1v) is 5.68. The van der Waals surface area contributed by atoms with Crippen molar-refractivity contribution in [2.24, 2.45) is 5.92 Å². The zero-order valence-corrected chi connectivity index (χ0v) is 9.26. The number of hydrogen-bond acceptors (Lipinski definition) is 3. The van der Waals surface area contributed by atoms with Crippen LogP contribution in [0.1, 0.15) is 23.6 Å². The van der Waals surface area contributed by atoms with Crippen LogP contribution in [0.4, 0.5) is 0 Å². The quantitative estimate of drug-likeness (QED) is 0.727. The molecule has 2 aliphatic rings. The number of hydrogen-bond donors (Lipinski definition) is 1. The lowest BCUT2D eigenvalue weighted by Crippen LogP contribution is -2.36. The molecule has 0 spiro atoms. The number of nitrogens with zero attached hydrogens (tertiary/aromatic N) is 1. The van der Waals surface area contributed by atoms with E-state index < -0.39 is 0 Å². The smallest absolute Gasteiger partial charge is 0.213 e. The first-order chi connectivity index (χ1) is 7.79. The second kappa shape index (κ2) is 3.59. The number of ether oxygens (including phenoxy) is 1. The molecular formula is C13H15NO2. The van der Waals surface area contributed by atoms with Crippen LogP contribution in [0.25, 0.3) is 0 Å². The van der Waals surface area contributed by atoms with E-state index in [-0.39, 0.29) is 12.0 Å². The number of pyridine rings is 1. The van der Waals surface area contributed by atoms with Crippen LogP contribution in [0.2, 0.25) is 0 Å². The largest absolute Gasteiger partial charge is 0.481 e. The Labute approximate surface area is 94.8 Å². The topological polar surface area (TPSA) is 42.4 Å². The van der Waals surface area contributed by atoms with E-state index in [0.717, 1.165) is 24.1 Å². The van der Waals surface area contributed by atoms with Gasteiger partial charge in [0.25, 0.3) is 0 Å². The van der Waals surface area contributed by atoms with Gasteiger partial charge in [0.1, 0.15) is 0 Å². The zero-order chi connectivity index (χ0) is 11.1. The minimum absolute atomic E-state index is 0.126. The standard InChI is InChI=1S/C13H15NO2/c1-16-12-6-5-9-10-4-2-3-8(13(10)15)7-11(9)14-12/h2,4-6,8,10,13,15H,3,7H2,1H3/t8-,10+,13-/m0/s1. The molecule has 2 aliphatic carbocycles. The summed E-state index contributed by atoms with van der Waals surface area (Å²) in [5, 5.41) is 10.2. The van der Waals surface area contributed by atoms with Crippen molar-refractivity contribution in [3.8, 4) is 5.88 Å². The molecule has 84 valence electrons. The van der Waals surface area contributed by atoms with Crippen molar-refractivity contribution in [3.05, 3.63) is 35.5 Å². The summed E-state index contributed by atoms with van der Waals surface area (Å²) in [6, 6.07) is 3.90. The minimum atomic E-state index is -0.243. The Morgan fingerprint density at radius 3 is 3.12 bits per heavy atom. The van der Waals surface area contributed by atoms with Gasteiger partial charge in [0.05, 0.1) is 13.2 Å². The van der Waals surface area contributed by atoms with Gasteiger partial charge in [0.15, 0.2) is 0 Å². The van der Waals surface area contributed by atoms with Gasteiger partial charge in [-0.15, -0.1) is 0 Å². The Morgan fingerprint density at radius 2 is 2.31 bits per heavy atom. The number of aliphatic hydroxyl groups excluding tert-OH is 1. The number of fused-ring (bicyclic) bond motifs is 4. The molecule has 0 aromatic carbocycles. The fourth-order valence-corrected chi connectivity index (χ4v) is 2.76. The van der Waals surface area contributed by atoms with Gasteiger partial charge in [-0.3, -0.25) is 0 Å². The van der Waals surface area contributed by atoms with Crippen molar-refractivity contribution in [1.82, 2.24) is 4.98 Å². The number of aromatic nitrogens is 1. The van der Waals surface area contributed by atoms with Crippen LogP contribution in [0.3, 0.4) is 0 Å². The Bertz CT molecular complexity index is 442. The summed E-state index contributed by atoms with van der Waals surface area (Å²) in [7, 11) is 1.63. The van der Waals surface area contributed by atoms with Crippen molar-refractivity contribution >= 4 is 0 Å². The van der Waals surface area contributed by atoms with Crippen molar-refractivity contribution in [1.29, 1.82) is 0 Å². The van der Waals surface area contributed by atoms with Crippen LogP contribution in [0.15, 0.2) is 24.3 Å². The van der Waals surface area contributed by atoms with Gasteiger partial charge in [-0.1, -0.05) is 18.2 Å². The van der Waals surface area contributed by atoms with Crippen LogP contribution < -0.4 is 4.74 Å². The van der Waals surface area contributed by atoms with Crippen molar-refractivity contribution in [2.45, 2.75) is 24.9 Å². The van der Waals surface area contributed by atoms with Crippen LogP contribution in [0, 0.1) is 5.92 Å². The van der Waals surface area contributed by atoms with E-state index in [0.29, 0.717) is 11.8 Å². The molecule has 3 rings (SSSR count). The van der Waals surface area contributed by atoms with Gasteiger partial charge < -0.3 is 9.84 Å². The summed E-state index contributed by atoms with van der Waals surface area (Å²) in [6.45, 7) is 0. The van der Waals surface area contributed by atoms with E-state index >= 15 is 0 Å². The van der Waals surface area contributed by atoms with Gasteiger partial charge in [-0.2, -0.15) is 0 Å². The molecule has 0 amide bonds. The van der Waals surface area contributed by atoms with Gasteiger partial charge in [0.2, 0.25) is 5.88 Å². The molecule has 3 atom stereocenters. The maximum atomic E-state index is 10.2. The van der Waals surface area contributed by atoms with Gasteiger partial charge >= 0.3 is 0 Å². The summed E-state index contributed by atoms with van der Waals surface area (Å²) >= 11 is 0. The van der Waals surface area contributed by atoms with E-state index in [9.17, 15) is 5.11 Å². The molecule has 1 heterocycles. The molecular weight excluding hydrogens is 202 g/mol. The van der Waals surface area contributed by atoms with Gasteiger partial charge in [-0.25, -0.2) is 4.98 Å². The maximum absolute atomic E-state index is 10.2. The molecule has 1 N–H and O–H groups in total. The molecule has 16 heavy (non-hydrogen) atoms. The molecule has 0 unspecified atom stereocenters. The Balaban J connectivity index is 2.08. The summed E-state index contributed by atoms with van der Waals surface area (Å²) < 4.78 is 5.14. The molecule has 0 saturated carbocycles. The molecule has 1 aromatic heterocycles. The fraction of sp³-hybridized carbons (Fsp3) is 0.462. The molecule has 0 fully saturated rings. The van der Waals surface area contributed by atoms with Crippen LogP contribution in [0.5, 0.6) is 5.88 Å². The van der Waals surface area contributed by atoms with Gasteiger partial charge in [0, 0.05) is 17.7 Å². The molecule has 3 nitrogen and oxygen atoms in total. The van der Waals surface area contributed by atoms with Crippen LogP contribution >= 0.6 is 0 Å². The van der Waals surface area contributed by atoms with Crippen LogP contribution in [-0.4, -0.2) is 23.3 Å². The Kier molecular flexibility index (Phi) is 2.21. The SMILES string of the molecule is COc1ccc2c(n1)C[C@@H]1CC=C[C@H]2[C@H]1O. The highest BCUT2D eigenvalue weighted by Gasteiger charge is 2.36. The van der Waals surface area contributed by atoms with Crippen molar-refractivity contribution in [2.75, 3.05) is 7.11 Å². The monoisotopic (exact) mass is 217 g/mol. The van der Waals surface area contributed by atoms with E-state index in [1.54, 1.807) is 7.11 Å². The third-order valence-corrected chi connectivity index (χ3v) is 3.64. The van der Waals surface area contributed by atoms with Crippen molar-refractivity contribution in [3.63, 3.8) is 0 Å². The molecule has 1 aromatic rings. The Morgan fingerprint density at radius 1 is 1.44 bits per heavy atom. The average Bonchev–Trinajstić information content (AvgIpc) is 2.29. The fourth-order valence-electron chi connectivity index (χ4n) is 2.76. The number of aliphatic hydroxyl groups is 1. The zero-order valence-electron chi connectivity index (χ0n) is 9.26. The van der Waals surface area contributed by atoms with E-state index in [2.05, 4.69) is 17.1 Å². The number of rotatable bonds is 1. The highest BCUT2D eigenvalue weighted by molar-refractivity contribution is 5.37. The lowest BCUT2D eigenvalue weighted by atomic mass is 9.72. The van der Waals surface area contributed by atoms with E-state index in [1.165, 1.54) is 0 Å². The normalized spacial score (nSPS) is 31.0. The van der Waals surface area contributed by atoms with Gasteiger partial charge in [-0.05, 0) is 24.3 Å². The molecule has 3 heteroatoms.